The molecule has 2 unspecified atom stereocenters. The highest BCUT2D eigenvalue weighted by Crippen LogP contribution is 2.20. The summed E-state index contributed by atoms with van der Waals surface area (Å²) in [5, 5.41) is 6.30. The molecular formula is C21H25N3O2. The van der Waals surface area contributed by atoms with Crippen LogP contribution >= 0.6 is 0 Å². The maximum absolute atomic E-state index is 12.4. The van der Waals surface area contributed by atoms with Gasteiger partial charge in [0.05, 0.1) is 0 Å². The van der Waals surface area contributed by atoms with Crippen LogP contribution in [0.15, 0.2) is 52.9 Å². The molecule has 0 spiro atoms. The zero-order chi connectivity index (χ0) is 18.5. The first-order chi connectivity index (χ1) is 12.5. The summed E-state index contributed by atoms with van der Waals surface area (Å²) in [7, 11) is 0. The van der Waals surface area contributed by atoms with E-state index in [4.69, 9.17) is 4.42 Å². The van der Waals surface area contributed by atoms with Gasteiger partial charge in [0.1, 0.15) is 11.6 Å². The normalized spacial score (nSPS) is 13.3. The van der Waals surface area contributed by atoms with Crippen LogP contribution in [0.2, 0.25) is 0 Å². The number of hydrogen-bond acceptors (Lipinski definition) is 4. The van der Waals surface area contributed by atoms with Crippen molar-refractivity contribution in [1.29, 1.82) is 0 Å². The second-order valence-electron chi connectivity index (χ2n) is 6.72. The molecule has 0 fully saturated rings. The smallest absolute Gasteiger partial charge is 0.242 e. The molecule has 0 saturated carbocycles. The summed E-state index contributed by atoms with van der Waals surface area (Å²) in [5.41, 5.74) is 3.68. The first-order valence-corrected chi connectivity index (χ1v) is 8.99. The van der Waals surface area contributed by atoms with Crippen molar-refractivity contribution in [3.8, 4) is 0 Å². The third kappa shape index (κ3) is 4.63. The van der Waals surface area contributed by atoms with Crippen molar-refractivity contribution >= 4 is 22.7 Å². The average Bonchev–Trinajstić information content (AvgIpc) is 3.00. The van der Waals surface area contributed by atoms with Crippen molar-refractivity contribution in [1.82, 2.24) is 10.3 Å². The molecule has 5 heteroatoms. The Balaban J connectivity index is 1.51. The second kappa shape index (κ2) is 8.04. The molecule has 2 atom stereocenters. The predicted octanol–water partition coefficient (Wildman–Crippen LogP) is 4.07. The first kappa shape index (κ1) is 18.0. The number of amides is 1. The standard InChI is InChI=1S/C21H25N3O2/c1-14(9-10-17-7-5-4-6-8-17)22-21(25)15(2)23-18-11-12-20-19(13-18)24-16(3)26-20/h4-8,11-15,23H,9-10H2,1-3H3,(H,22,25). The van der Waals surface area contributed by atoms with Gasteiger partial charge in [0.15, 0.2) is 11.5 Å². The van der Waals surface area contributed by atoms with Crippen LogP contribution in [0.4, 0.5) is 5.69 Å². The van der Waals surface area contributed by atoms with Crippen LogP contribution in [-0.4, -0.2) is 23.0 Å². The van der Waals surface area contributed by atoms with E-state index in [2.05, 4.69) is 27.8 Å². The Hall–Kier alpha value is -2.82. The third-order valence-electron chi connectivity index (χ3n) is 4.37. The van der Waals surface area contributed by atoms with Gasteiger partial charge in [0.2, 0.25) is 5.91 Å². The molecule has 1 aromatic heterocycles. The van der Waals surface area contributed by atoms with Gasteiger partial charge in [-0.15, -0.1) is 0 Å². The number of rotatable bonds is 7. The van der Waals surface area contributed by atoms with E-state index in [1.807, 2.05) is 57.2 Å². The Morgan fingerprint density at radius 3 is 2.69 bits per heavy atom. The molecule has 5 nitrogen and oxygen atoms in total. The lowest BCUT2D eigenvalue weighted by Crippen LogP contribution is -2.42. The second-order valence-corrected chi connectivity index (χ2v) is 6.72. The molecular weight excluding hydrogens is 326 g/mol. The predicted molar refractivity (Wildman–Crippen MR) is 104 cm³/mol. The van der Waals surface area contributed by atoms with Crippen LogP contribution in [0.25, 0.3) is 11.1 Å². The molecule has 2 aromatic carbocycles. The lowest BCUT2D eigenvalue weighted by Gasteiger charge is -2.19. The number of aromatic nitrogens is 1. The minimum Gasteiger partial charge on any atom is -0.441 e. The van der Waals surface area contributed by atoms with E-state index < -0.39 is 0 Å². The van der Waals surface area contributed by atoms with Crippen LogP contribution in [-0.2, 0) is 11.2 Å². The molecule has 136 valence electrons. The zero-order valence-corrected chi connectivity index (χ0v) is 15.5. The number of hydrogen-bond donors (Lipinski definition) is 2. The number of aryl methyl sites for hydroxylation is 2. The largest absolute Gasteiger partial charge is 0.441 e. The number of fused-ring (bicyclic) bond motifs is 1. The highest BCUT2D eigenvalue weighted by molar-refractivity contribution is 5.85. The summed E-state index contributed by atoms with van der Waals surface area (Å²) in [6, 6.07) is 15.8. The van der Waals surface area contributed by atoms with Crippen LogP contribution < -0.4 is 10.6 Å². The van der Waals surface area contributed by atoms with Gasteiger partial charge >= 0.3 is 0 Å². The Labute approximate surface area is 153 Å². The molecule has 0 aliphatic heterocycles. The minimum absolute atomic E-state index is 0.0120. The number of anilines is 1. The molecule has 1 amide bonds. The number of oxazole rings is 1. The highest BCUT2D eigenvalue weighted by atomic mass is 16.3. The molecule has 1 heterocycles. The molecule has 0 aliphatic carbocycles. The zero-order valence-electron chi connectivity index (χ0n) is 15.5. The van der Waals surface area contributed by atoms with Crippen molar-refractivity contribution in [3.05, 3.63) is 60.0 Å². The van der Waals surface area contributed by atoms with Gasteiger partial charge < -0.3 is 15.1 Å². The van der Waals surface area contributed by atoms with E-state index in [1.54, 1.807) is 0 Å². The number of benzene rings is 2. The molecule has 2 N–H and O–H groups in total. The van der Waals surface area contributed by atoms with Gasteiger partial charge in [0.25, 0.3) is 0 Å². The molecule has 0 radical (unpaired) electrons. The van der Waals surface area contributed by atoms with Gasteiger partial charge in [-0.25, -0.2) is 4.98 Å². The summed E-state index contributed by atoms with van der Waals surface area (Å²) < 4.78 is 5.47. The van der Waals surface area contributed by atoms with Gasteiger partial charge in [-0.3, -0.25) is 4.79 Å². The van der Waals surface area contributed by atoms with Crippen molar-refractivity contribution in [2.45, 2.75) is 45.7 Å². The topological polar surface area (TPSA) is 67.2 Å². The summed E-state index contributed by atoms with van der Waals surface area (Å²) in [6.07, 6.45) is 1.86. The monoisotopic (exact) mass is 351 g/mol. The first-order valence-electron chi connectivity index (χ1n) is 8.99. The molecule has 3 rings (SSSR count). The fraction of sp³-hybridized carbons (Fsp3) is 0.333. The Morgan fingerprint density at radius 1 is 1.15 bits per heavy atom. The van der Waals surface area contributed by atoms with E-state index in [0.717, 1.165) is 29.6 Å². The van der Waals surface area contributed by atoms with Crippen LogP contribution in [0.1, 0.15) is 31.7 Å². The summed E-state index contributed by atoms with van der Waals surface area (Å²) in [4.78, 5) is 16.7. The number of nitrogens with one attached hydrogen (secondary N) is 2. The summed E-state index contributed by atoms with van der Waals surface area (Å²) >= 11 is 0. The third-order valence-corrected chi connectivity index (χ3v) is 4.37. The van der Waals surface area contributed by atoms with Crippen LogP contribution in [0, 0.1) is 6.92 Å². The fourth-order valence-corrected chi connectivity index (χ4v) is 2.92. The summed E-state index contributed by atoms with van der Waals surface area (Å²) in [6.45, 7) is 5.72. The van der Waals surface area contributed by atoms with Crippen molar-refractivity contribution in [2.75, 3.05) is 5.32 Å². The van der Waals surface area contributed by atoms with Gasteiger partial charge in [0, 0.05) is 18.7 Å². The molecule has 0 bridgehead atoms. The van der Waals surface area contributed by atoms with Gasteiger partial charge in [-0.1, -0.05) is 30.3 Å². The van der Waals surface area contributed by atoms with Crippen molar-refractivity contribution < 1.29 is 9.21 Å². The maximum atomic E-state index is 12.4. The lowest BCUT2D eigenvalue weighted by molar-refractivity contribution is -0.122. The molecule has 3 aromatic rings. The molecule has 0 saturated heterocycles. The lowest BCUT2D eigenvalue weighted by atomic mass is 10.1. The minimum atomic E-state index is -0.334. The van der Waals surface area contributed by atoms with E-state index in [-0.39, 0.29) is 18.0 Å². The number of carbonyl (C=O) groups is 1. The van der Waals surface area contributed by atoms with E-state index in [0.29, 0.717) is 5.89 Å². The van der Waals surface area contributed by atoms with Crippen LogP contribution in [0.5, 0.6) is 0 Å². The summed E-state index contributed by atoms with van der Waals surface area (Å²) in [5.74, 6) is 0.622. The van der Waals surface area contributed by atoms with Gasteiger partial charge in [-0.05, 0) is 50.5 Å². The maximum Gasteiger partial charge on any atom is 0.242 e. The van der Waals surface area contributed by atoms with Crippen LogP contribution in [0.3, 0.4) is 0 Å². The Morgan fingerprint density at radius 2 is 1.92 bits per heavy atom. The number of carbonyl (C=O) groups excluding carboxylic acids is 1. The van der Waals surface area contributed by atoms with Crippen molar-refractivity contribution in [2.24, 2.45) is 0 Å². The van der Waals surface area contributed by atoms with E-state index >= 15 is 0 Å². The highest BCUT2D eigenvalue weighted by Gasteiger charge is 2.15. The average molecular weight is 351 g/mol. The number of nitrogens with zero attached hydrogens (tertiary/aromatic N) is 1. The Bertz CT molecular complexity index is 873. The Kier molecular flexibility index (Phi) is 5.56. The SMILES string of the molecule is Cc1nc2cc(NC(C)C(=O)NC(C)CCc3ccccc3)ccc2o1. The van der Waals surface area contributed by atoms with Crippen molar-refractivity contribution in [3.63, 3.8) is 0 Å². The van der Waals surface area contributed by atoms with E-state index in [9.17, 15) is 4.79 Å². The molecule has 26 heavy (non-hydrogen) atoms. The fourth-order valence-electron chi connectivity index (χ4n) is 2.92. The quantitative estimate of drug-likeness (QED) is 0.673. The molecule has 0 aliphatic rings. The van der Waals surface area contributed by atoms with E-state index in [1.165, 1.54) is 5.56 Å². The van der Waals surface area contributed by atoms with Gasteiger partial charge in [-0.2, -0.15) is 0 Å².